The summed E-state index contributed by atoms with van der Waals surface area (Å²) in [7, 11) is 0. The summed E-state index contributed by atoms with van der Waals surface area (Å²) in [5, 5.41) is 11.6. The lowest BCUT2D eigenvalue weighted by Gasteiger charge is -2.38. The molecule has 2 aliphatic rings. The average Bonchev–Trinajstić information content (AvgIpc) is 3.26. The minimum Gasteiger partial charge on any atom is -0.486 e. The number of nitrogens with zero attached hydrogens (tertiary/aromatic N) is 5. The fraction of sp³-hybridized carbons (Fsp3) is 0.455. The predicted molar refractivity (Wildman–Crippen MR) is 120 cm³/mol. The maximum absolute atomic E-state index is 6.10. The zero-order valence-electron chi connectivity index (χ0n) is 17.7. The zero-order valence-corrected chi connectivity index (χ0v) is 18.4. The van der Waals surface area contributed by atoms with E-state index in [0.29, 0.717) is 41.3 Å². The van der Waals surface area contributed by atoms with Gasteiger partial charge in [0.2, 0.25) is 5.95 Å². The van der Waals surface area contributed by atoms with Crippen molar-refractivity contribution in [3.05, 3.63) is 52.7 Å². The van der Waals surface area contributed by atoms with Crippen molar-refractivity contribution in [1.29, 1.82) is 0 Å². The van der Waals surface area contributed by atoms with Crippen LogP contribution in [0.3, 0.4) is 0 Å². The number of aromatic nitrogens is 5. The van der Waals surface area contributed by atoms with E-state index in [9.17, 15) is 0 Å². The number of hydrogen-bond donors (Lipinski definition) is 2. The van der Waals surface area contributed by atoms with Crippen LogP contribution in [-0.4, -0.2) is 44.3 Å². The molecule has 3 atom stereocenters. The Morgan fingerprint density at radius 1 is 1.13 bits per heavy atom. The van der Waals surface area contributed by atoms with Gasteiger partial charge in [-0.3, -0.25) is 5.10 Å². The second kappa shape index (κ2) is 8.34. The molecule has 2 aromatic heterocycles. The van der Waals surface area contributed by atoms with Gasteiger partial charge in [-0.25, -0.2) is 9.97 Å². The minimum atomic E-state index is 0.312. The van der Waals surface area contributed by atoms with Gasteiger partial charge in [0.1, 0.15) is 24.5 Å². The molecule has 1 aliphatic heterocycles. The summed E-state index contributed by atoms with van der Waals surface area (Å²) in [6.45, 7) is 6.28. The summed E-state index contributed by atoms with van der Waals surface area (Å²) in [4.78, 5) is 15.7. The first-order chi connectivity index (χ1) is 15.0. The highest BCUT2D eigenvalue weighted by Gasteiger charge is 2.42. The molecule has 0 spiro atoms. The van der Waals surface area contributed by atoms with Crippen molar-refractivity contribution in [2.75, 3.05) is 23.3 Å². The minimum absolute atomic E-state index is 0.312. The number of H-pyrrole nitrogens is 1. The monoisotopic (exact) mass is 439 g/mol. The van der Waals surface area contributed by atoms with Crippen LogP contribution in [-0.2, 0) is 6.61 Å². The Morgan fingerprint density at radius 3 is 2.68 bits per heavy atom. The molecule has 0 amide bonds. The number of nitrogens with one attached hydrogen (secondary N) is 2. The fourth-order valence-corrected chi connectivity index (χ4v) is 5.05. The third-order valence-electron chi connectivity index (χ3n) is 6.17. The van der Waals surface area contributed by atoms with Crippen LogP contribution >= 0.6 is 11.6 Å². The summed E-state index contributed by atoms with van der Waals surface area (Å²) in [6, 6.07) is 8.09. The molecule has 162 valence electrons. The van der Waals surface area contributed by atoms with Crippen molar-refractivity contribution < 1.29 is 4.74 Å². The third-order valence-corrected chi connectivity index (χ3v) is 6.38. The standard InChI is InChI=1S/C22H26ClN7O/c1-13-5-17(23)8-18(6-13)31-11-19-26-22(29-28-19)27-21-15-3-4-16(21)10-30(9-15)20-7-14(2)24-12-25-20/h5-8,12,15-16,21H,3-4,9-11H2,1-2H3,(H2,26,27,28,29)/t15-,16+,21?. The first-order valence-electron chi connectivity index (χ1n) is 10.6. The van der Waals surface area contributed by atoms with Crippen molar-refractivity contribution in [3.63, 3.8) is 0 Å². The van der Waals surface area contributed by atoms with Crippen LogP contribution in [0.2, 0.25) is 5.02 Å². The van der Waals surface area contributed by atoms with Gasteiger partial charge in [-0.1, -0.05) is 11.6 Å². The number of rotatable bonds is 6. The van der Waals surface area contributed by atoms with E-state index in [4.69, 9.17) is 16.3 Å². The third kappa shape index (κ3) is 4.44. The van der Waals surface area contributed by atoms with E-state index in [-0.39, 0.29) is 0 Å². The molecular weight excluding hydrogens is 414 g/mol. The van der Waals surface area contributed by atoms with Gasteiger partial charge in [-0.15, -0.1) is 5.10 Å². The van der Waals surface area contributed by atoms with Gasteiger partial charge in [0.05, 0.1) is 0 Å². The van der Waals surface area contributed by atoms with Crippen molar-refractivity contribution >= 4 is 23.4 Å². The Labute approximate surface area is 186 Å². The lowest BCUT2D eigenvalue weighted by Crippen LogP contribution is -2.48. The molecule has 2 fully saturated rings. The van der Waals surface area contributed by atoms with E-state index in [1.54, 1.807) is 12.4 Å². The molecular formula is C22H26ClN7O. The number of ether oxygens (including phenoxy) is 1. The molecule has 2 bridgehead atoms. The van der Waals surface area contributed by atoms with E-state index < -0.39 is 0 Å². The van der Waals surface area contributed by atoms with Crippen molar-refractivity contribution in [1.82, 2.24) is 25.1 Å². The van der Waals surface area contributed by atoms with Gasteiger partial charge in [0.25, 0.3) is 0 Å². The summed E-state index contributed by atoms with van der Waals surface area (Å²) in [5.74, 6) is 4.15. The predicted octanol–water partition coefficient (Wildman–Crippen LogP) is 3.77. The van der Waals surface area contributed by atoms with E-state index in [1.807, 2.05) is 26.0 Å². The second-order valence-corrected chi connectivity index (χ2v) is 8.99. The Hall–Kier alpha value is -2.87. The maximum atomic E-state index is 6.10. The smallest absolute Gasteiger partial charge is 0.242 e. The highest BCUT2D eigenvalue weighted by Crippen LogP contribution is 2.39. The molecule has 1 aromatic carbocycles. The van der Waals surface area contributed by atoms with Gasteiger partial charge >= 0.3 is 0 Å². The van der Waals surface area contributed by atoms with Crippen LogP contribution in [0, 0.1) is 25.7 Å². The molecule has 31 heavy (non-hydrogen) atoms. The quantitative estimate of drug-likeness (QED) is 0.603. The first kappa shape index (κ1) is 20.1. The molecule has 1 unspecified atom stereocenters. The Bertz CT molecular complexity index is 1040. The molecule has 3 aromatic rings. The summed E-state index contributed by atoms with van der Waals surface area (Å²) in [5.41, 5.74) is 2.06. The van der Waals surface area contributed by atoms with Gasteiger partial charge < -0.3 is 15.0 Å². The summed E-state index contributed by atoms with van der Waals surface area (Å²) in [6.07, 6.45) is 4.06. The molecule has 2 N–H and O–H groups in total. The van der Waals surface area contributed by atoms with Crippen molar-refractivity contribution in [2.45, 2.75) is 39.3 Å². The zero-order chi connectivity index (χ0) is 21.4. The lowest BCUT2D eigenvalue weighted by molar-refractivity contribution is 0.296. The molecule has 1 saturated heterocycles. The van der Waals surface area contributed by atoms with E-state index in [1.165, 1.54) is 12.8 Å². The van der Waals surface area contributed by atoms with Crippen molar-refractivity contribution in [3.8, 4) is 5.75 Å². The SMILES string of the molecule is Cc1cc(Cl)cc(OCc2nc(NC3[C@@H]4CC[C@H]3CN(c3cc(C)ncn3)C4)n[nH]2)c1. The Balaban J connectivity index is 1.20. The maximum Gasteiger partial charge on any atom is 0.242 e. The molecule has 1 aliphatic carbocycles. The van der Waals surface area contributed by atoms with Crippen LogP contribution in [0.4, 0.5) is 11.8 Å². The van der Waals surface area contributed by atoms with E-state index in [0.717, 1.165) is 35.9 Å². The number of hydrogen-bond acceptors (Lipinski definition) is 7. The van der Waals surface area contributed by atoms with Gasteiger partial charge in [0.15, 0.2) is 5.82 Å². The van der Waals surface area contributed by atoms with Crippen molar-refractivity contribution in [2.24, 2.45) is 11.8 Å². The Kier molecular flexibility index (Phi) is 5.40. The van der Waals surface area contributed by atoms with Gasteiger partial charge in [-0.2, -0.15) is 4.98 Å². The summed E-state index contributed by atoms with van der Waals surface area (Å²) >= 11 is 6.10. The summed E-state index contributed by atoms with van der Waals surface area (Å²) < 4.78 is 5.82. The molecule has 0 radical (unpaired) electrons. The number of halogens is 1. The number of aryl methyl sites for hydroxylation is 2. The molecule has 5 rings (SSSR count). The highest BCUT2D eigenvalue weighted by atomic mass is 35.5. The molecule has 1 saturated carbocycles. The van der Waals surface area contributed by atoms with Crippen LogP contribution in [0.15, 0.2) is 30.6 Å². The number of aromatic amines is 1. The van der Waals surface area contributed by atoms with E-state index >= 15 is 0 Å². The Morgan fingerprint density at radius 2 is 1.94 bits per heavy atom. The molecule has 9 heteroatoms. The van der Waals surface area contributed by atoms with Crippen LogP contribution in [0.25, 0.3) is 0 Å². The second-order valence-electron chi connectivity index (χ2n) is 8.55. The normalized spacial score (nSPS) is 22.5. The average molecular weight is 440 g/mol. The van der Waals surface area contributed by atoms with Crippen LogP contribution in [0.1, 0.15) is 29.9 Å². The van der Waals surface area contributed by atoms with Gasteiger partial charge in [0, 0.05) is 35.9 Å². The number of anilines is 2. The topological polar surface area (TPSA) is 91.8 Å². The highest BCUT2D eigenvalue weighted by molar-refractivity contribution is 6.30. The van der Waals surface area contributed by atoms with E-state index in [2.05, 4.69) is 41.4 Å². The lowest BCUT2D eigenvalue weighted by atomic mass is 9.92. The fourth-order valence-electron chi connectivity index (χ4n) is 4.77. The van der Waals surface area contributed by atoms with Crippen LogP contribution in [0.5, 0.6) is 5.75 Å². The number of fused-ring (bicyclic) bond motifs is 2. The molecule has 3 heterocycles. The largest absolute Gasteiger partial charge is 0.486 e. The molecule has 8 nitrogen and oxygen atoms in total. The number of benzene rings is 1. The first-order valence-corrected chi connectivity index (χ1v) is 11.0. The van der Waals surface area contributed by atoms with Crippen LogP contribution < -0.4 is 15.0 Å². The van der Waals surface area contributed by atoms with Gasteiger partial charge in [-0.05, 0) is 62.3 Å². The number of piperidine rings is 1.